The number of aliphatic hydroxyl groups is 1. The van der Waals surface area contributed by atoms with Gasteiger partial charge in [-0.2, -0.15) is 0 Å². The van der Waals surface area contributed by atoms with E-state index in [2.05, 4.69) is 5.32 Å². The topological polar surface area (TPSA) is 75.6 Å². The largest absolute Gasteiger partial charge is 0.464 e. The number of aliphatic hydroxyl groups excluding tert-OH is 1. The van der Waals surface area contributed by atoms with Gasteiger partial charge in [0.1, 0.15) is 6.04 Å². The third kappa shape index (κ3) is 5.79. The van der Waals surface area contributed by atoms with Gasteiger partial charge in [-0.05, 0) is 57.8 Å². The summed E-state index contributed by atoms with van der Waals surface area (Å²) >= 11 is 0. The normalized spacial score (nSPS) is 27.2. The van der Waals surface area contributed by atoms with Crippen molar-refractivity contribution < 1.29 is 19.4 Å². The molecule has 2 aliphatic rings. The van der Waals surface area contributed by atoms with Crippen molar-refractivity contribution in [3.63, 3.8) is 0 Å². The lowest BCUT2D eigenvalue weighted by atomic mass is 9.83. The number of rotatable bonds is 6. The summed E-state index contributed by atoms with van der Waals surface area (Å²) in [7, 11) is 0. The highest BCUT2D eigenvalue weighted by Crippen LogP contribution is 2.29. The van der Waals surface area contributed by atoms with Crippen LogP contribution in [-0.2, 0) is 14.3 Å². The molecule has 0 aromatic carbocycles. The number of amides is 1. The molecule has 0 aromatic heterocycles. The van der Waals surface area contributed by atoms with Crippen LogP contribution in [0.15, 0.2) is 0 Å². The molecule has 0 heterocycles. The predicted molar refractivity (Wildman–Crippen MR) is 87.7 cm³/mol. The molecule has 132 valence electrons. The Hall–Kier alpha value is -1.10. The zero-order chi connectivity index (χ0) is 16.7. The Balaban J connectivity index is 1.90. The summed E-state index contributed by atoms with van der Waals surface area (Å²) in [6, 6.07) is -0.537. The SMILES string of the molecule is CCOC(=O)C(CC1CCC(O)CC1)NC(=O)C1CCCCC1. The highest BCUT2D eigenvalue weighted by molar-refractivity contribution is 5.85. The van der Waals surface area contributed by atoms with Crippen LogP contribution in [0, 0.1) is 11.8 Å². The molecule has 2 rings (SSSR count). The van der Waals surface area contributed by atoms with Crippen LogP contribution in [-0.4, -0.2) is 35.7 Å². The molecule has 0 spiro atoms. The van der Waals surface area contributed by atoms with Gasteiger partial charge in [0.25, 0.3) is 0 Å². The minimum atomic E-state index is -0.537. The van der Waals surface area contributed by atoms with Gasteiger partial charge in [0.2, 0.25) is 5.91 Å². The monoisotopic (exact) mass is 325 g/mol. The van der Waals surface area contributed by atoms with Crippen LogP contribution in [0.4, 0.5) is 0 Å². The van der Waals surface area contributed by atoms with Gasteiger partial charge in [0, 0.05) is 5.92 Å². The van der Waals surface area contributed by atoms with Crippen molar-refractivity contribution in [1.82, 2.24) is 5.32 Å². The van der Waals surface area contributed by atoms with E-state index in [0.717, 1.165) is 51.4 Å². The molecule has 2 N–H and O–H groups in total. The second-order valence-electron chi connectivity index (χ2n) is 7.06. The number of ether oxygens (including phenoxy) is 1. The van der Waals surface area contributed by atoms with Gasteiger partial charge in [0.05, 0.1) is 12.7 Å². The summed E-state index contributed by atoms with van der Waals surface area (Å²) < 4.78 is 5.15. The minimum Gasteiger partial charge on any atom is -0.464 e. The van der Waals surface area contributed by atoms with Gasteiger partial charge < -0.3 is 15.2 Å². The zero-order valence-corrected chi connectivity index (χ0v) is 14.3. The van der Waals surface area contributed by atoms with E-state index in [9.17, 15) is 14.7 Å². The van der Waals surface area contributed by atoms with Crippen molar-refractivity contribution >= 4 is 11.9 Å². The second-order valence-corrected chi connectivity index (χ2v) is 7.06. The fourth-order valence-corrected chi connectivity index (χ4v) is 3.83. The first kappa shape index (κ1) is 18.2. The number of carbonyl (C=O) groups is 2. The van der Waals surface area contributed by atoms with Gasteiger partial charge >= 0.3 is 5.97 Å². The highest BCUT2D eigenvalue weighted by atomic mass is 16.5. The molecule has 5 nitrogen and oxygen atoms in total. The number of carbonyl (C=O) groups excluding carboxylic acids is 2. The van der Waals surface area contributed by atoms with Crippen LogP contribution in [0.1, 0.15) is 71.1 Å². The van der Waals surface area contributed by atoms with Crippen molar-refractivity contribution in [3.8, 4) is 0 Å². The molecule has 1 atom stereocenters. The predicted octanol–water partition coefficient (Wildman–Crippen LogP) is 2.56. The molecule has 2 saturated carbocycles. The zero-order valence-electron chi connectivity index (χ0n) is 14.3. The summed E-state index contributed by atoms with van der Waals surface area (Å²) in [6.45, 7) is 2.12. The van der Waals surface area contributed by atoms with Crippen molar-refractivity contribution in [2.24, 2.45) is 11.8 Å². The van der Waals surface area contributed by atoms with Gasteiger partial charge in [-0.25, -0.2) is 4.79 Å². The fourth-order valence-electron chi connectivity index (χ4n) is 3.83. The molecule has 0 aliphatic heterocycles. The molecule has 2 fully saturated rings. The summed E-state index contributed by atoms with van der Waals surface area (Å²) in [5.41, 5.74) is 0. The van der Waals surface area contributed by atoms with Crippen LogP contribution >= 0.6 is 0 Å². The molecular weight excluding hydrogens is 294 g/mol. The number of hydrogen-bond donors (Lipinski definition) is 2. The Morgan fingerprint density at radius 2 is 1.74 bits per heavy atom. The molecule has 23 heavy (non-hydrogen) atoms. The van der Waals surface area contributed by atoms with Crippen molar-refractivity contribution in [2.75, 3.05) is 6.61 Å². The van der Waals surface area contributed by atoms with E-state index in [1.54, 1.807) is 6.92 Å². The second kappa shape index (κ2) is 9.26. The smallest absolute Gasteiger partial charge is 0.328 e. The van der Waals surface area contributed by atoms with E-state index in [4.69, 9.17) is 4.74 Å². The van der Waals surface area contributed by atoms with Crippen molar-refractivity contribution in [3.05, 3.63) is 0 Å². The maximum Gasteiger partial charge on any atom is 0.328 e. The van der Waals surface area contributed by atoms with Crippen LogP contribution in [0.2, 0.25) is 0 Å². The third-order valence-corrected chi connectivity index (χ3v) is 5.25. The molecule has 0 radical (unpaired) electrons. The van der Waals surface area contributed by atoms with E-state index in [1.165, 1.54) is 6.42 Å². The van der Waals surface area contributed by atoms with E-state index in [1.807, 2.05) is 0 Å². The molecule has 1 unspecified atom stereocenters. The lowest BCUT2D eigenvalue weighted by molar-refractivity contribution is -0.148. The van der Waals surface area contributed by atoms with Gasteiger partial charge in [-0.1, -0.05) is 19.3 Å². The molecule has 1 amide bonds. The average Bonchev–Trinajstić information content (AvgIpc) is 2.57. The molecule has 0 bridgehead atoms. The highest BCUT2D eigenvalue weighted by Gasteiger charge is 2.30. The maximum absolute atomic E-state index is 12.5. The Bertz CT molecular complexity index is 384. The summed E-state index contributed by atoms with van der Waals surface area (Å²) in [5, 5.41) is 12.6. The number of esters is 1. The summed E-state index contributed by atoms with van der Waals surface area (Å²) in [5.74, 6) is 0.120. The third-order valence-electron chi connectivity index (χ3n) is 5.25. The van der Waals surface area contributed by atoms with Crippen molar-refractivity contribution in [1.29, 1.82) is 0 Å². The van der Waals surface area contributed by atoms with E-state index >= 15 is 0 Å². The van der Waals surface area contributed by atoms with E-state index < -0.39 is 6.04 Å². The average molecular weight is 325 g/mol. The van der Waals surface area contributed by atoms with Crippen LogP contribution in [0.5, 0.6) is 0 Å². The Morgan fingerprint density at radius 1 is 1.09 bits per heavy atom. The fraction of sp³-hybridized carbons (Fsp3) is 0.889. The summed E-state index contributed by atoms with van der Waals surface area (Å²) in [4.78, 5) is 24.7. The van der Waals surface area contributed by atoms with Gasteiger partial charge in [-0.15, -0.1) is 0 Å². The molecule has 0 saturated heterocycles. The number of nitrogens with one attached hydrogen (secondary N) is 1. The van der Waals surface area contributed by atoms with Crippen LogP contribution < -0.4 is 5.32 Å². The Labute approximate surface area is 139 Å². The molecule has 2 aliphatic carbocycles. The van der Waals surface area contributed by atoms with E-state index in [0.29, 0.717) is 18.9 Å². The lowest BCUT2D eigenvalue weighted by Gasteiger charge is -2.29. The Morgan fingerprint density at radius 3 is 2.35 bits per heavy atom. The molecule has 5 heteroatoms. The quantitative estimate of drug-likeness (QED) is 0.736. The van der Waals surface area contributed by atoms with Crippen molar-refractivity contribution in [2.45, 2.75) is 83.3 Å². The first-order valence-electron chi connectivity index (χ1n) is 9.25. The van der Waals surface area contributed by atoms with Gasteiger partial charge in [-0.3, -0.25) is 4.79 Å². The number of hydrogen-bond acceptors (Lipinski definition) is 4. The van der Waals surface area contributed by atoms with E-state index in [-0.39, 0.29) is 23.9 Å². The van der Waals surface area contributed by atoms with Crippen LogP contribution in [0.3, 0.4) is 0 Å². The Kier molecular flexibility index (Phi) is 7.34. The first-order chi connectivity index (χ1) is 11.1. The molecular formula is C18H31NO4. The minimum absolute atomic E-state index is 0.0126. The maximum atomic E-state index is 12.5. The standard InChI is InChI=1S/C18H31NO4/c1-2-23-18(22)16(12-13-8-10-15(20)11-9-13)19-17(21)14-6-4-3-5-7-14/h13-16,20H,2-12H2,1H3,(H,19,21). The molecule has 0 aromatic rings. The van der Waals surface area contributed by atoms with Gasteiger partial charge in [0.15, 0.2) is 0 Å². The lowest BCUT2D eigenvalue weighted by Crippen LogP contribution is -2.46. The van der Waals surface area contributed by atoms with Crippen LogP contribution in [0.25, 0.3) is 0 Å². The first-order valence-corrected chi connectivity index (χ1v) is 9.25. The summed E-state index contributed by atoms with van der Waals surface area (Å²) in [6.07, 6.45) is 9.09.